The van der Waals surface area contributed by atoms with Crippen LogP contribution in [-0.4, -0.2) is 11.6 Å². The lowest BCUT2D eigenvalue weighted by molar-refractivity contribution is 0.0959. The first-order chi connectivity index (χ1) is 9.52. The summed E-state index contributed by atoms with van der Waals surface area (Å²) < 4.78 is 1.02. The Kier molecular flexibility index (Phi) is 4.78. The first-order valence-electron chi connectivity index (χ1n) is 6.55. The van der Waals surface area contributed by atoms with Crippen molar-refractivity contribution in [1.82, 2.24) is 5.43 Å². The quantitative estimate of drug-likeness (QED) is 0.641. The van der Waals surface area contributed by atoms with Gasteiger partial charge in [0.15, 0.2) is 0 Å². The summed E-state index contributed by atoms with van der Waals surface area (Å²) in [5.41, 5.74) is 4.64. The van der Waals surface area contributed by atoms with Crippen LogP contribution in [0.1, 0.15) is 41.9 Å². The van der Waals surface area contributed by atoms with Crippen LogP contribution in [0.4, 0.5) is 0 Å². The van der Waals surface area contributed by atoms with Crippen molar-refractivity contribution in [2.75, 3.05) is 0 Å². The summed E-state index contributed by atoms with van der Waals surface area (Å²) in [6, 6.07) is 5.98. The zero-order valence-electron chi connectivity index (χ0n) is 11.8. The molecule has 1 aromatic carbocycles. The van der Waals surface area contributed by atoms with Gasteiger partial charge in [-0.2, -0.15) is 5.10 Å². The summed E-state index contributed by atoms with van der Waals surface area (Å²) in [5.74, 6) is -0.246. The lowest BCUT2D eigenvalue weighted by Crippen LogP contribution is -2.18. The molecule has 2 rings (SSSR count). The highest BCUT2D eigenvalue weighted by Gasteiger charge is 2.16. The summed E-state index contributed by atoms with van der Waals surface area (Å²) in [6.45, 7) is 6.00. The average Bonchev–Trinajstić information content (AvgIpc) is 2.73. The lowest BCUT2D eigenvalue weighted by atomic mass is 10.2. The van der Waals surface area contributed by atoms with Crippen LogP contribution in [0.15, 0.2) is 23.3 Å². The number of aryl methyl sites for hydroxylation is 1. The van der Waals surface area contributed by atoms with Gasteiger partial charge in [-0.1, -0.05) is 37.1 Å². The molecule has 1 aromatic heterocycles. The van der Waals surface area contributed by atoms with Crippen molar-refractivity contribution < 1.29 is 4.79 Å². The van der Waals surface area contributed by atoms with Gasteiger partial charge in [-0.05, 0) is 31.9 Å². The largest absolute Gasteiger partial charge is 0.283 e. The molecule has 0 fully saturated rings. The van der Waals surface area contributed by atoms with E-state index in [2.05, 4.69) is 17.5 Å². The van der Waals surface area contributed by atoms with E-state index in [0.717, 1.165) is 34.2 Å². The van der Waals surface area contributed by atoms with Crippen LogP contribution in [0.3, 0.4) is 0 Å². The second kappa shape index (κ2) is 6.37. The van der Waals surface area contributed by atoms with Crippen molar-refractivity contribution in [1.29, 1.82) is 0 Å². The molecule has 0 atom stereocenters. The Bertz CT molecular complexity index is 676. The molecule has 20 heavy (non-hydrogen) atoms. The van der Waals surface area contributed by atoms with Crippen LogP contribution < -0.4 is 5.43 Å². The topological polar surface area (TPSA) is 41.5 Å². The number of nitrogens with one attached hydrogen (secondary N) is 1. The minimum absolute atomic E-state index is 0.246. The predicted molar refractivity (Wildman–Crippen MR) is 87.1 cm³/mol. The molecule has 3 nitrogen and oxygen atoms in total. The molecule has 0 unspecified atom stereocenters. The molecular formula is C15H17ClN2OS. The highest BCUT2D eigenvalue weighted by atomic mass is 35.5. The fraction of sp³-hybridized carbons (Fsp3) is 0.333. The number of hydrazone groups is 1. The van der Waals surface area contributed by atoms with E-state index >= 15 is 0 Å². The number of hydrogen-bond acceptors (Lipinski definition) is 3. The van der Waals surface area contributed by atoms with E-state index in [1.54, 1.807) is 0 Å². The maximum Gasteiger partial charge on any atom is 0.283 e. The van der Waals surface area contributed by atoms with Crippen molar-refractivity contribution >= 4 is 44.6 Å². The van der Waals surface area contributed by atoms with Crippen LogP contribution in [0.5, 0.6) is 0 Å². The van der Waals surface area contributed by atoms with Gasteiger partial charge in [0.05, 0.1) is 5.02 Å². The summed E-state index contributed by atoms with van der Waals surface area (Å²) in [4.78, 5) is 12.7. The van der Waals surface area contributed by atoms with Crippen LogP contribution in [-0.2, 0) is 0 Å². The molecule has 2 aromatic rings. The molecule has 1 amide bonds. The van der Waals surface area contributed by atoms with E-state index in [0.29, 0.717) is 9.90 Å². The van der Waals surface area contributed by atoms with Gasteiger partial charge in [-0.15, -0.1) is 11.3 Å². The number of carbonyl (C=O) groups is 1. The molecule has 0 saturated heterocycles. The van der Waals surface area contributed by atoms with Crippen molar-refractivity contribution in [3.05, 3.63) is 33.7 Å². The summed E-state index contributed by atoms with van der Waals surface area (Å²) >= 11 is 7.68. The molecule has 0 aliphatic rings. The van der Waals surface area contributed by atoms with Crippen LogP contribution >= 0.6 is 22.9 Å². The average molecular weight is 309 g/mol. The standard InChI is InChI=1S/C15H17ClN2OS/c1-4-5-10(3)17-18-15(19)14-13(16)11-7-6-9(2)8-12(11)20-14/h6-8H,4-5H2,1-3H3,(H,18,19)/b17-10+. The maximum atomic E-state index is 12.1. The molecule has 106 valence electrons. The predicted octanol–water partition coefficient (Wildman–Crippen LogP) is 4.77. The van der Waals surface area contributed by atoms with Gasteiger partial charge in [0.1, 0.15) is 4.88 Å². The van der Waals surface area contributed by atoms with Gasteiger partial charge in [0.2, 0.25) is 0 Å². The molecule has 0 radical (unpaired) electrons. The molecule has 1 heterocycles. The first kappa shape index (κ1) is 15.0. The normalized spacial score (nSPS) is 11.9. The minimum Gasteiger partial charge on any atom is -0.266 e. The fourth-order valence-corrected chi connectivity index (χ4v) is 3.44. The van der Waals surface area contributed by atoms with Gasteiger partial charge in [0.25, 0.3) is 5.91 Å². The number of benzene rings is 1. The number of halogens is 1. The van der Waals surface area contributed by atoms with Crippen molar-refractivity contribution in [3.8, 4) is 0 Å². The van der Waals surface area contributed by atoms with Crippen LogP contribution in [0, 0.1) is 6.92 Å². The Morgan fingerprint density at radius 1 is 1.45 bits per heavy atom. The molecule has 0 aliphatic heterocycles. The van der Waals surface area contributed by atoms with Gasteiger partial charge >= 0.3 is 0 Å². The molecule has 0 aliphatic carbocycles. The van der Waals surface area contributed by atoms with Crippen LogP contribution in [0.2, 0.25) is 5.02 Å². The zero-order chi connectivity index (χ0) is 14.7. The number of rotatable bonds is 4. The molecule has 0 saturated carbocycles. The van der Waals surface area contributed by atoms with Gasteiger partial charge in [-0.25, -0.2) is 5.43 Å². The third-order valence-electron chi connectivity index (χ3n) is 2.95. The Morgan fingerprint density at radius 2 is 2.20 bits per heavy atom. The summed E-state index contributed by atoms with van der Waals surface area (Å²) in [7, 11) is 0. The van der Waals surface area contributed by atoms with Gasteiger partial charge in [-0.3, -0.25) is 4.79 Å². The maximum absolute atomic E-state index is 12.1. The fourth-order valence-electron chi connectivity index (χ4n) is 1.93. The first-order valence-corrected chi connectivity index (χ1v) is 7.74. The van der Waals surface area contributed by atoms with Gasteiger partial charge in [0, 0.05) is 15.8 Å². The van der Waals surface area contributed by atoms with E-state index in [4.69, 9.17) is 11.6 Å². The number of hydrogen-bond donors (Lipinski definition) is 1. The smallest absolute Gasteiger partial charge is 0.266 e. The van der Waals surface area contributed by atoms with E-state index in [9.17, 15) is 4.79 Å². The highest BCUT2D eigenvalue weighted by Crippen LogP contribution is 2.35. The van der Waals surface area contributed by atoms with Crippen molar-refractivity contribution in [2.24, 2.45) is 5.10 Å². The van der Waals surface area contributed by atoms with E-state index in [-0.39, 0.29) is 5.91 Å². The number of carbonyl (C=O) groups excluding carboxylic acids is 1. The summed E-state index contributed by atoms with van der Waals surface area (Å²) in [5, 5.41) is 5.51. The molecule has 0 bridgehead atoms. The van der Waals surface area contributed by atoms with Crippen LogP contribution in [0.25, 0.3) is 10.1 Å². The van der Waals surface area contributed by atoms with Crippen molar-refractivity contribution in [2.45, 2.75) is 33.6 Å². The summed E-state index contributed by atoms with van der Waals surface area (Å²) in [6.07, 6.45) is 1.88. The highest BCUT2D eigenvalue weighted by molar-refractivity contribution is 7.21. The Balaban J connectivity index is 2.26. The molecule has 1 N–H and O–H groups in total. The third-order valence-corrected chi connectivity index (χ3v) is 4.61. The van der Waals surface area contributed by atoms with Gasteiger partial charge < -0.3 is 0 Å². The third kappa shape index (κ3) is 3.19. The van der Waals surface area contributed by atoms with E-state index in [1.807, 2.05) is 32.0 Å². The van der Waals surface area contributed by atoms with E-state index < -0.39 is 0 Å². The molecule has 5 heteroatoms. The SMILES string of the molecule is CCC/C(C)=N/NC(=O)c1sc2cc(C)ccc2c1Cl. The minimum atomic E-state index is -0.246. The Labute approximate surface area is 127 Å². The second-order valence-electron chi connectivity index (χ2n) is 4.78. The lowest BCUT2D eigenvalue weighted by Gasteiger charge is -2.00. The zero-order valence-corrected chi connectivity index (χ0v) is 13.4. The molecular weight excluding hydrogens is 292 g/mol. The number of thiophene rings is 1. The number of fused-ring (bicyclic) bond motifs is 1. The number of amides is 1. The number of nitrogens with zero attached hydrogens (tertiary/aromatic N) is 1. The monoisotopic (exact) mass is 308 g/mol. The molecule has 0 spiro atoms. The Hall–Kier alpha value is -1.39. The Morgan fingerprint density at radius 3 is 2.90 bits per heavy atom. The van der Waals surface area contributed by atoms with Crippen molar-refractivity contribution in [3.63, 3.8) is 0 Å². The second-order valence-corrected chi connectivity index (χ2v) is 6.21. The van der Waals surface area contributed by atoms with E-state index in [1.165, 1.54) is 11.3 Å².